The maximum Gasteiger partial charge on any atom is 0.255 e. The van der Waals surface area contributed by atoms with Crippen molar-refractivity contribution in [2.45, 2.75) is 25.7 Å². The molecule has 0 radical (unpaired) electrons. The van der Waals surface area contributed by atoms with Crippen molar-refractivity contribution in [2.24, 2.45) is 7.05 Å². The maximum atomic E-state index is 13.0. The van der Waals surface area contributed by atoms with E-state index in [0.717, 1.165) is 41.1 Å². The van der Waals surface area contributed by atoms with Gasteiger partial charge in [-0.05, 0) is 61.2 Å². The first-order valence-electron chi connectivity index (χ1n) is 10.5. The molecule has 1 fully saturated rings. The standard InChI is InChI=1S/C25H27N3O3/c1-17-12-21(18-6-4-8-22(13-18)31-3)14-23(26-17)19-7-5-11-28(16-19)25(30)20-9-10-24(29)27(2)15-20/h4,6,8-10,12-15,19H,5,7,11,16H2,1-3H3/t19-/m1/s1. The molecule has 0 unspecified atom stereocenters. The topological polar surface area (TPSA) is 64.4 Å². The van der Waals surface area contributed by atoms with Crippen LogP contribution in [0, 0.1) is 6.92 Å². The SMILES string of the molecule is COc1cccc(-c2cc(C)nc([C@@H]3CCCN(C(=O)c4ccc(=O)n(C)c4)C3)c2)c1. The lowest BCUT2D eigenvalue weighted by molar-refractivity contribution is 0.0705. The third kappa shape index (κ3) is 4.53. The van der Waals surface area contributed by atoms with Crippen LogP contribution in [0.25, 0.3) is 11.1 Å². The van der Waals surface area contributed by atoms with Gasteiger partial charge in [-0.1, -0.05) is 12.1 Å². The average Bonchev–Trinajstić information content (AvgIpc) is 2.80. The third-order valence-electron chi connectivity index (χ3n) is 5.84. The van der Waals surface area contributed by atoms with E-state index in [9.17, 15) is 9.59 Å². The quantitative estimate of drug-likeness (QED) is 0.648. The van der Waals surface area contributed by atoms with Crippen molar-refractivity contribution in [2.75, 3.05) is 20.2 Å². The molecule has 6 heteroatoms. The van der Waals surface area contributed by atoms with Crippen LogP contribution in [0.15, 0.2) is 59.5 Å². The molecule has 0 spiro atoms. The first-order valence-corrected chi connectivity index (χ1v) is 10.5. The van der Waals surface area contributed by atoms with Crippen molar-refractivity contribution < 1.29 is 9.53 Å². The van der Waals surface area contributed by atoms with E-state index in [1.165, 1.54) is 10.6 Å². The van der Waals surface area contributed by atoms with Gasteiger partial charge in [0, 0.05) is 49.7 Å². The first kappa shape index (κ1) is 20.8. The fourth-order valence-corrected chi connectivity index (χ4v) is 4.18. The molecule has 31 heavy (non-hydrogen) atoms. The summed E-state index contributed by atoms with van der Waals surface area (Å²) in [5, 5.41) is 0. The molecule has 0 aliphatic carbocycles. The van der Waals surface area contributed by atoms with Crippen LogP contribution < -0.4 is 10.3 Å². The van der Waals surface area contributed by atoms with E-state index in [2.05, 4.69) is 18.2 Å². The summed E-state index contributed by atoms with van der Waals surface area (Å²) in [6.45, 7) is 3.34. The molecular formula is C25H27N3O3. The van der Waals surface area contributed by atoms with E-state index in [1.54, 1.807) is 26.4 Å². The van der Waals surface area contributed by atoms with Gasteiger partial charge in [0.1, 0.15) is 5.75 Å². The second-order valence-electron chi connectivity index (χ2n) is 8.11. The molecule has 4 rings (SSSR count). The number of hydrogen-bond acceptors (Lipinski definition) is 4. The number of carbonyl (C=O) groups excluding carboxylic acids is 1. The number of aryl methyl sites for hydroxylation is 2. The number of amides is 1. The van der Waals surface area contributed by atoms with Crippen molar-refractivity contribution in [3.8, 4) is 16.9 Å². The van der Waals surface area contributed by atoms with Crippen molar-refractivity contribution in [3.05, 3.63) is 82.0 Å². The van der Waals surface area contributed by atoms with E-state index in [0.29, 0.717) is 18.7 Å². The monoisotopic (exact) mass is 417 g/mol. The number of likely N-dealkylation sites (tertiary alicyclic amines) is 1. The van der Waals surface area contributed by atoms with E-state index < -0.39 is 0 Å². The number of nitrogens with zero attached hydrogens (tertiary/aromatic N) is 3. The van der Waals surface area contributed by atoms with Gasteiger partial charge in [0.2, 0.25) is 5.56 Å². The molecule has 0 saturated carbocycles. The molecule has 0 bridgehead atoms. The van der Waals surface area contributed by atoms with Crippen molar-refractivity contribution in [1.29, 1.82) is 0 Å². The van der Waals surface area contributed by atoms with E-state index in [-0.39, 0.29) is 17.4 Å². The van der Waals surface area contributed by atoms with Crippen LogP contribution >= 0.6 is 0 Å². The number of ether oxygens (including phenoxy) is 1. The zero-order valence-corrected chi connectivity index (χ0v) is 18.2. The lowest BCUT2D eigenvalue weighted by Gasteiger charge is -2.33. The van der Waals surface area contributed by atoms with Gasteiger partial charge in [-0.3, -0.25) is 14.6 Å². The van der Waals surface area contributed by atoms with Crippen LogP contribution in [-0.4, -0.2) is 40.6 Å². The molecule has 1 amide bonds. The number of pyridine rings is 2. The predicted molar refractivity (Wildman–Crippen MR) is 121 cm³/mol. The zero-order chi connectivity index (χ0) is 22.0. The fourth-order valence-electron chi connectivity index (χ4n) is 4.18. The summed E-state index contributed by atoms with van der Waals surface area (Å²) in [5.74, 6) is 0.954. The lowest BCUT2D eigenvalue weighted by Crippen LogP contribution is -2.39. The molecule has 1 atom stereocenters. The third-order valence-corrected chi connectivity index (χ3v) is 5.84. The van der Waals surface area contributed by atoms with Gasteiger partial charge >= 0.3 is 0 Å². The summed E-state index contributed by atoms with van der Waals surface area (Å²) < 4.78 is 6.81. The number of aromatic nitrogens is 2. The Kier molecular flexibility index (Phi) is 5.89. The Balaban J connectivity index is 1.59. The molecule has 1 saturated heterocycles. The predicted octanol–water partition coefficient (Wildman–Crippen LogP) is 3.78. The number of carbonyl (C=O) groups is 1. The summed E-state index contributed by atoms with van der Waals surface area (Å²) in [6.07, 6.45) is 3.53. The molecule has 2 aromatic heterocycles. The van der Waals surface area contributed by atoms with Gasteiger partial charge in [-0.15, -0.1) is 0 Å². The molecule has 160 valence electrons. The summed E-state index contributed by atoms with van der Waals surface area (Å²) in [6, 6.07) is 15.3. The molecule has 6 nitrogen and oxygen atoms in total. The Hall–Kier alpha value is -3.41. The van der Waals surface area contributed by atoms with E-state index in [1.807, 2.05) is 30.0 Å². The fraction of sp³-hybridized carbons (Fsp3) is 0.320. The van der Waals surface area contributed by atoms with Crippen LogP contribution in [0.1, 0.15) is 40.5 Å². The Morgan fingerprint density at radius 1 is 1.13 bits per heavy atom. The van der Waals surface area contributed by atoms with Gasteiger partial charge in [0.25, 0.3) is 5.91 Å². The molecule has 3 aromatic rings. The number of methoxy groups -OCH3 is 1. The Bertz CT molecular complexity index is 1170. The first-order chi connectivity index (χ1) is 14.9. The number of rotatable bonds is 4. The van der Waals surface area contributed by atoms with Crippen molar-refractivity contribution >= 4 is 5.91 Å². The van der Waals surface area contributed by atoms with Gasteiger partial charge < -0.3 is 14.2 Å². The Labute approximate surface area is 182 Å². The molecule has 0 N–H and O–H groups in total. The second-order valence-corrected chi connectivity index (χ2v) is 8.11. The lowest BCUT2D eigenvalue weighted by atomic mass is 9.92. The molecule has 1 aromatic carbocycles. The summed E-state index contributed by atoms with van der Waals surface area (Å²) in [5.41, 5.74) is 4.56. The van der Waals surface area contributed by atoms with Crippen molar-refractivity contribution in [1.82, 2.24) is 14.5 Å². The van der Waals surface area contributed by atoms with Crippen LogP contribution in [0.3, 0.4) is 0 Å². The van der Waals surface area contributed by atoms with Gasteiger partial charge in [0.05, 0.1) is 12.7 Å². The minimum atomic E-state index is -0.123. The van der Waals surface area contributed by atoms with Crippen molar-refractivity contribution in [3.63, 3.8) is 0 Å². The van der Waals surface area contributed by atoms with Gasteiger partial charge in [-0.25, -0.2) is 0 Å². The highest BCUT2D eigenvalue weighted by molar-refractivity contribution is 5.94. The highest BCUT2D eigenvalue weighted by Gasteiger charge is 2.27. The average molecular weight is 418 g/mol. The van der Waals surface area contributed by atoms with E-state index in [4.69, 9.17) is 9.72 Å². The Morgan fingerprint density at radius 2 is 1.97 bits per heavy atom. The molecule has 3 heterocycles. The molecular weight excluding hydrogens is 390 g/mol. The number of piperidine rings is 1. The smallest absolute Gasteiger partial charge is 0.255 e. The van der Waals surface area contributed by atoms with Gasteiger partial charge in [-0.2, -0.15) is 0 Å². The normalized spacial score (nSPS) is 16.2. The maximum absolute atomic E-state index is 13.0. The van der Waals surface area contributed by atoms with Crippen LogP contribution in [0.5, 0.6) is 5.75 Å². The summed E-state index contributed by atoms with van der Waals surface area (Å²) >= 11 is 0. The highest BCUT2D eigenvalue weighted by Crippen LogP contribution is 2.31. The Morgan fingerprint density at radius 3 is 2.74 bits per heavy atom. The molecule has 1 aliphatic heterocycles. The summed E-state index contributed by atoms with van der Waals surface area (Å²) in [4.78, 5) is 31.4. The van der Waals surface area contributed by atoms with Gasteiger partial charge in [0.15, 0.2) is 0 Å². The minimum absolute atomic E-state index is 0.0408. The minimum Gasteiger partial charge on any atom is -0.497 e. The largest absolute Gasteiger partial charge is 0.497 e. The van der Waals surface area contributed by atoms with Crippen LogP contribution in [0.2, 0.25) is 0 Å². The second kappa shape index (κ2) is 8.76. The number of hydrogen-bond donors (Lipinski definition) is 0. The van der Waals surface area contributed by atoms with Crippen LogP contribution in [-0.2, 0) is 7.05 Å². The highest BCUT2D eigenvalue weighted by atomic mass is 16.5. The number of benzene rings is 1. The van der Waals surface area contributed by atoms with Crippen LogP contribution in [0.4, 0.5) is 0 Å². The van der Waals surface area contributed by atoms with E-state index >= 15 is 0 Å². The zero-order valence-electron chi connectivity index (χ0n) is 18.2. The summed E-state index contributed by atoms with van der Waals surface area (Å²) in [7, 11) is 3.33. The molecule has 1 aliphatic rings.